The van der Waals surface area contributed by atoms with Crippen molar-refractivity contribution in [3.63, 3.8) is 0 Å². The average Bonchev–Trinajstić information content (AvgIpc) is 2.10. The van der Waals surface area contributed by atoms with Crippen molar-refractivity contribution >= 4 is 33.3 Å². The molecule has 0 aromatic heterocycles. The zero-order valence-corrected chi connectivity index (χ0v) is 8.62. The number of carbonyl (C=O) groups excluding carboxylic acids is 1. The van der Waals surface area contributed by atoms with Gasteiger partial charge in [0.25, 0.3) is 0 Å². The topological polar surface area (TPSA) is 17.1 Å². The minimum Gasteiger partial charge on any atom is -0.293 e. The molecule has 0 bridgehead atoms. The van der Waals surface area contributed by atoms with Gasteiger partial charge in [-0.15, -0.1) is 11.6 Å². The minimum atomic E-state index is -0.812. The quantitative estimate of drug-likeness (QED) is 0.458. The average molecular weight is 269 g/mol. The van der Waals surface area contributed by atoms with Crippen LogP contribution in [-0.2, 0) is 0 Å². The molecule has 0 aliphatic carbocycles. The van der Waals surface area contributed by atoms with E-state index in [-0.39, 0.29) is 15.9 Å². The highest BCUT2D eigenvalue weighted by atomic mass is 79.9. The van der Waals surface area contributed by atoms with E-state index in [0.29, 0.717) is 6.07 Å². The lowest BCUT2D eigenvalue weighted by Crippen LogP contribution is -2.03. The molecule has 13 heavy (non-hydrogen) atoms. The van der Waals surface area contributed by atoms with Crippen LogP contribution in [0.3, 0.4) is 0 Å². The Bertz CT molecular complexity index is 354. The molecule has 1 nitrogen and oxygen atoms in total. The fraction of sp³-hybridized carbons (Fsp3) is 0.125. The molecule has 0 N–H and O–H groups in total. The molecule has 1 rings (SSSR count). The molecule has 0 saturated carbocycles. The maximum absolute atomic E-state index is 12.9. The van der Waals surface area contributed by atoms with Crippen LogP contribution in [0.25, 0.3) is 0 Å². The lowest BCUT2D eigenvalue weighted by Gasteiger charge is -2.02. The van der Waals surface area contributed by atoms with Crippen molar-refractivity contribution in [2.24, 2.45) is 0 Å². The van der Waals surface area contributed by atoms with Crippen molar-refractivity contribution in [3.8, 4) is 0 Å². The SMILES string of the molecule is O=C(CCl)c1cc(F)cc(F)c1Br. The highest BCUT2D eigenvalue weighted by molar-refractivity contribution is 9.10. The molecule has 1 aromatic rings. The largest absolute Gasteiger partial charge is 0.293 e. The van der Waals surface area contributed by atoms with Gasteiger partial charge in [0.05, 0.1) is 10.4 Å². The van der Waals surface area contributed by atoms with Crippen LogP contribution >= 0.6 is 27.5 Å². The number of alkyl halides is 1. The van der Waals surface area contributed by atoms with Gasteiger partial charge in [-0.1, -0.05) is 0 Å². The minimum absolute atomic E-state index is 0.0560. The fourth-order valence-electron chi connectivity index (χ4n) is 0.831. The predicted molar refractivity (Wildman–Crippen MR) is 49.1 cm³/mol. The van der Waals surface area contributed by atoms with E-state index < -0.39 is 17.4 Å². The third-order valence-electron chi connectivity index (χ3n) is 1.41. The second-order valence-electron chi connectivity index (χ2n) is 2.31. The summed E-state index contributed by atoms with van der Waals surface area (Å²) in [5.41, 5.74) is -0.0764. The van der Waals surface area contributed by atoms with Crippen LogP contribution in [0.5, 0.6) is 0 Å². The van der Waals surface area contributed by atoms with E-state index in [1.54, 1.807) is 0 Å². The second-order valence-corrected chi connectivity index (χ2v) is 3.37. The maximum Gasteiger partial charge on any atom is 0.178 e. The summed E-state index contributed by atoms with van der Waals surface area (Å²) in [6.07, 6.45) is 0. The van der Waals surface area contributed by atoms with Crippen LogP contribution < -0.4 is 0 Å². The van der Waals surface area contributed by atoms with Gasteiger partial charge in [0.15, 0.2) is 5.78 Å². The molecule has 0 radical (unpaired) electrons. The van der Waals surface area contributed by atoms with Crippen LogP contribution in [0, 0.1) is 11.6 Å². The van der Waals surface area contributed by atoms with Gasteiger partial charge < -0.3 is 0 Å². The number of ketones is 1. The zero-order valence-electron chi connectivity index (χ0n) is 6.28. The zero-order chi connectivity index (χ0) is 10.0. The lowest BCUT2D eigenvalue weighted by atomic mass is 10.1. The van der Waals surface area contributed by atoms with Crippen LogP contribution in [-0.4, -0.2) is 11.7 Å². The lowest BCUT2D eigenvalue weighted by molar-refractivity contribution is 0.101. The van der Waals surface area contributed by atoms with Crippen molar-refractivity contribution in [3.05, 3.63) is 33.8 Å². The van der Waals surface area contributed by atoms with Crippen LogP contribution in [0.15, 0.2) is 16.6 Å². The number of Topliss-reactive ketones (excluding diaryl/α,β-unsaturated/α-hetero) is 1. The van der Waals surface area contributed by atoms with E-state index in [4.69, 9.17) is 11.6 Å². The van der Waals surface area contributed by atoms with Crippen molar-refractivity contribution in [1.82, 2.24) is 0 Å². The molecule has 0 spiro atoms. The third kappa shape index (κ3) is 2.25. The monoisotopic (exact) mass is 268 g/mol. The molecule has 0 heterocycles. The van der Waals surface area contributed by atoms with E-state index in [9.17, 15) is 13.6 Å². The molecule has 1 aromatic carbocycles. The predicted octanol–water partition coefficient (Wildman–Crippen LogP) is 3.15. The van der Waals surface area contributed by atoms with Crippen LogP contribution in [0.4, 0.5) is 8.78 Å². The number of hydrogen-bond donors (Lipinski definition) is 0. The van der Waals surface area contributed by atoms with E-state index in [1.165, 1.54) is 0 Å². The number of rotatable bonds is 2. The Hall–Kier alpha value is -0.480. The highest BCUT2D eigenvalue weighted by Crippen LogP contribution is 2.22. The molecule has 0 unspecified atom stereocenters. The van der Waals surface area contributed by atoms with Gasteiger partial charge in [0, 0.05) is 11.6 Å². The number of hydrogen-bond acceptors (Lipinski definition) is 1. The van der Waals surface area contributed by atoms with Crippen LogP contribution in [0.1, 0.15) is 10.4 Å². The maximum atomic E-state index is 12.9. The van der Waals surface area contributed by atoms with Gasteiger partial charge in [-0.2, -0.15) is 0 Å². The standard InChI is InChI=1S/C8H4BrClF2O/c9-8-5(7(13)3-10)1-4(11)2-6(8)12/h1-2H,3H2. The molecular weight excluding hydrogens is 265 g/mol. The smallest absolute Gasteiger partial charge is 0.178 e. The van der Waals surface area contributed by atoms with E-state index in [2.05, 4.69) is 15.9 Å². The highest BCUT2D eigenvalue weighted by Gasteiger charge is 2.14. The molecule has 70 valence electrons. The van der Waals surface area contributed by atoms with Crippen molar-refractivity contribution in [2.45, 2.75) is 0 Å². The number of benzene rings is 1. The third-order valence-corrected chi connectivity index (χ3v) is 2.46. The molecule has 0 aliphatic rings. The number of halogens is 4. The summed E-state index contributed by atoms with van der Waals surface area (Å²) in [7, 11) is 0. The molecule has 0 atom stereocenters. The number of carbonyl (C=O) groups is 1. The summed E-state index contributed by atoms with van der Waals surface area (Å²) < 4.78 is 25.4. The molecule has 0 amide bonds. The summed E-state index contributed by atoms with van der Waals surface area (Å²) in [5.74, 6) is -2.43. The normalized spacial score (nSPS) is 10.2. The Kier molecular flexibility index (Phi) is 3.39. The Labute approximate surface area is 86.8 Å². The summed E-state index contributed by atoms with van der Waals surface area (Å²) in [6, 6.07) is 1.63. The first-order valence-electron chi connectivity index (χ1n) is 3.30. The van der Waals surface area contributed by atoms with E-state index in [1.807, 2.05) is 0 Å². The van der Waals surface area contributed by atoms with Gasteiger partial charge in [0.2, 0.25) is 0 Å². The van der Waals surface area contributed by atoms with Crippen molar-refractivity contribution in [2.75, 3.05) is 5.88 Å². The van der Waals surface area contributed by atoms with E-state index in [0.717, 1.165) is 6.07 Å². The van der Waals surface area contributed by atoms with Gasteiger partial charge in [-0.3, -0.25) is 4.79 Å². The Morgan fingerprint density at radius 1 is 1.46 bits per heavy atom. The Balaban J connectivity index is 3.28. The first-order valence-corrected chi connectivity index (χ1v) is 4.62. The van der Waals surface area contributed by atoms with Crippen molar-refractivity contribution in [1.29, 1.82) is 0 Å². The van der Waals surface area contributed by atoms with Crippen molar-refractivity contribution < 1.29 is 13.6 Å². The van der Waals surface area contributed by atoms with E-state index >= 15 is 0 Å². The van der Waals surface area contributed by atoms with Gasteiger partial charge in [-0.05, 0) is 22.0 Å². The van der Waals surface area contributed by atoms with Gasteiger partial charge >= 0.3 is 0 Å². The van der Waals surface area contributed by atoms with Gasteiger partial charge in [0.1, 0.15) is 11.6 Å². The molecule has 0 aliphatic heterocycles. The first kappa shape index (κ1) is 10.6. The Morgan fingerprint density at radius 3 is 2.62 bits per heavy atom. The molecule has 0 saturated heterocycles. The van der Waals surface area contributed by atoms with Gasteiger partial charge in [-0.25, -0.2) is 8.78 Å². The Morgan fingerprint density at radius 2 is 2.08 bits per heavy atom. The first-order chi connectivity index (χ1) is 6.06. The van der Waals surface area contributed by atoms with Crippen LogP contribution in [0.2, 0.25) is 0 Å². The second kappa shape index (κ2) is 4.15. The molecule has 0 fully saturated rings. The summed E-state index contributed by atoms with van der Waals surface area (Å²) in [4.78, 5) is 11.0. The fourth-order valence-corrected chi connectivity index (χ4v) is 1.42. The summed E-state index contributed by atoms with van der Waals surface area (Å²) >= 11 is 8.08. The molecule has 5 heteroatoms. The molecular formula is C8H4BrClF2O. The summed E-state index contributed by atoms with van der Waals surface area (Å²) in [6.45, 7) is 0. The summed E-state index contributed by atoms with van der Waals surface area (Å²) in [5, 5.41) is 0.